The van der Waals surface area contributed by atoms with E-state index in [0.29, 0.717) is 5.78 Å². The molecule has 0 saturated heterocycles. The van der Waals surface area contributed by atoms with Crippen LogP contribution in [-0.2, 0) is 5.54 Å². The predicted molar refractivity (Wildman–Crippen MR) is 73.8 cm³/mol. The zero-order valence-corrected chi connectivity index (χ0v) is 11.7. The maximum Gasteiger partial charge on any atom is 0.255 e. The van der Waals surface area contributed by atoms with Gasteiger partial charge in [-0.2, -0.15) is 0 Å². The molecule has 1 fully saturated rings. The molecule has 5 heteroatoms. The summed E-state index contributed by atoms with van der Waals surface area (Å²) in [7, 11) is 0. The van der Waals surface area contributed by atoms with Crippen molar-refractivity contribution in [2.75, 3.05) is 0 Å². The van der Waals surface area contributed by atoms with Crippen LogP contribution in [0, 0.1) is 13.8 Å². The van der Waals surface area contributed by atoms with Crippen LogP contribution in [0.15, 0.2) is 6.07 Å². The molecule has 0 aliphatic heterocycles. The second-order valence-corrected chi connectivity index (χ2v) is 5.77. The molecule has 1 saturated carbocycles. The van der Waals surface area contributed by atoms with Gasteiger partial charge >= 0.3 is 0 Å². The van der Waals surface area contributed by atoms with Crippen LogP contribution in [0.25, 0.3) is 5.78 Å². The molecular formula is C14H21N5. The lowest BCUT2D eigenvalue weighted by atomic mass is 9.90. The molecule has 2 aromatic rings. The molecule has 0 spiro atoms. The summed E-state index contributed by atoms with van der Waals surface area (Å²) in [4.78, 5) is 4.44. The van der Waals surface area contributed by atoms with Crippen molar-refractivity contribution in [1.29, 1.82) is 0 Å². The number of rotatable bonds is 1. The largest absolute Gasteiger partial charge is 0.319 e. The van der Waals surface area contributed by atoms with Gasteiger partial charge in [0.1, 0.15) is 0 Å². The molecule has 19 heavy (non-hydrogen) atoms. The smallest absolute Gasteiger partial charge is 0.255 e. The maximum atomic E-state index is 6.65. The van der Waals surface area contributed by atoms with Gasteiger partial charge < -0.3 is 5.73 Å². The van der Waals surface area contributed by atoms with E-state index in [1.165, 1.54) is 25.7 Å². The van der Waals surface area contributed by atoms with Crippen LogP contribution in [0.2, 0.25) is 0 Å². The number of hydrogen-bond donors (Lipinski definition) is 1. The third kappa shape index (κ3) is 2.12. The van der Waals surface area contributed by atoms with Crippen molar-refractivity contribution in [3.63, 3.8) is 0 Å². The fourth-order valence-corrected chi connectivity index (χ4v) is 3.14. The van der Waals surface area contributed by atoms with Gasteiger partial charge in [0.25, 0.3) is 5.78 Å². The van der Waals surface area contributed by atoms with Gasteiger partial charge in [0.05, 0.1) is 5.54 Å². The van der Waals surface area contributed by atoms with Gasteiger partial charge in [0, 0.05) is 11.4 Å². The van der Waals surface area contributed by atoms with Crippen molar-refractivity contribution < 1.29 is 0 Å². The highest BCUT2D eigenvalue weighted by Gasteiger charge is 2.33. The number of nitrogens with two attached hydrogens (primary N) is 1. The summed E-state index contributed by atoms with van der Waals surface area (Å²) in [5.74, 6) is 1.55. The topological polar surface area (TPSA) is 69.1 Å². The molecule has 3 rings (SSSR count). The second-order valence-electron chi connectivity index (χ2n) is 5.77. The van der Waals surface area contributed by atoms with E-state index in [1.54, 1.807) is 0 Å². The minimum absolute atomic E-state index is 0.350. The normalized spacial score (nSPS) is 19.5. The molecule has 102 valence electrons. The summed E-state index contributed by atoms with van der Waals surface area (Å²) < 4.78 is 2.03. The zero-order chi connectivity index (χ0) is 13.5. The van der Waals surface area contributed by atoms with Crippen LogP contribution in [-0.4, -0.2) is 19.6 Å². The molecule has 5 nitrogen and oxygen atoms in total. The summed E-state index contributed by atoms with van der Waals surface area (Å²) in [5, 5.41) is 8.57. The molecule has 0 unspecified atom stereocenters. The van der Waals surface area contributed by atoms with Gasteiger partial charge in [-0.3, -0.25) is 4.40 Å². The highest BCUT2D eigenvalue weighted by atomic mass is 15.3. The molecule has 1 aliphatic carbocycles. The van der Waals surface area contributed by atoms with Gasteiger partial charge in [0.2, 0.25) is 0 Å². The van der Waals surface area contributed by atoms with E-state index in [9.17, 15) is 0 Å². The van der Waals surface area contributed by atoms with Crippen LogP contribution >= 0.6 is 0 Å². The first-order valence-electron chi connectivity index (χ1n) is 7.09. The number of aryl methyl sites for hydroxylation is 2. The molecule has 2 heterocycles. The van der Waals surface area contributed by atoms with Crippen molar-refractivity contribution >= 4 is 5.78 Å². The Kier molecular flexibility index (Phi) is 3.01. The van der Waals surface area contributed by atoms with E-state index < -0.39 is 0 Å². The molecule has 0 aromatic carbocycles. The number of fused-ring (bicyclic) bond motifs is 1. The molecule has 2 aromatic heterocycles. The van der Waals surface area contributed by atoms with Gasteiger partial charge in [0.15, 0.2) is 5.82 Å². The van der Waals surface area contributed by atoms with Crippen molar-refractivity contribution in [1.82, 2.24) is 19.6 Å². The van der Waals surface area contributed by atoms with E-state index in [1.807, 2.05) is 11.3 Å². The lowest BCUT2D eigenvalue weighted by Gasteiger charge is -2.26. The van der Waals surface area contributed by atoms with E-state index >= 15 is 0 Å². The van der Waals surface area contributed by atoms with Crippen molar-refractivity contribution in [3.8, 4) is 0 Å². The third-order valence-corrected chi connectivity index (χ3v) is 4.13. The first-order chi connectivity index (χ1) is 9.10. The van der Waals surface area contributed by atoms with E-state index in [-0.39, 0.29) is 5.54 Å². The standard InChI is InChI=1S/C14H21N5/c1-10-9-11(2)19-12(17-18-13(19)16-10)14(15)7-5-3-4-6-8-14/h9H,3-8,15H2,1-2H3. The number of nitrogens with zero attached hydrogens (tertiary/aromatic N) is 4. The zero-order valence-electron chi connectivity index (χ0n) is 11.7. The Morgan fingerprint density at radius 1 is 1.11 bits per heavy atom. The van der Waals surface area contributed by atoms with E-state index in [4.69, 9.17) is 5.73 Å². The molecule has 2 N–H and O–H groups in total. The highest BCUT2D eigenvalue weighted by Crippen LogP contribution is 2.33. The van der Waals surface area contributed by atoms with E-state index in [0.717, 1.165) is 30.1 Å². The molecule has 0 amide bonds. The average Bonchev–Trinajstić information content (AvgIpc) is 2.66. The fraction of sp³-hybridized carbons (Fsp3) is 0.643. The van der Waals surface area contributed by atoms with Crippen LogP contribution in [0.5, 0.6) is 0 Å². The minimum atomic E-state index is -0.350. The third-order valence-electron chi connectivity index (χ3n) is 4.13. The van der Waals surface area contributed by atoms with Gasteiger partial charge in [-0.15, -0.1) is 10.2 Å². The summed E-state index contributed by atoms with van der Waals surface area (Å²) in [6.45, 7) is 4.04. The molecule has 0 radical (unpaired) electrons. The van der Waals surface area contributed by atoms with Crippen molar-refractivity contribution in [3.05, 3.63) is 23.3 Å². The van der Waals surface area contributed by atoms with Crippen LogP contribution in [0.4, 0.5) is 0 Å². The summed E-state index contributed by atoms with van der Waals surface area (Å²) >= 11 is 0. The first-order valence-corrected chi connectivity index (χ1v) is 7.09. The molecule has 0 bridgehead atoms. The molecular weight excluding hydrogens is 238 g/mol. The van der Waals surface area contributed by atoms with E-state index in [2.05, 4.69) is 28.2 Å². The monoisotopic (exact) mass is 259 g/mol. The van der Waals surface area contributed by atoms with Crippen LogP contribution in [0.1, 0.15) is 55.7 Å². The lowest BCUT2D eigenvalue weighted by Crippen LogP contribution is -2.38. The van der Waals surface area contributed by atoms with Gasteiger partial charge in [-0.1, -0.05) is 25.7 Å². The Morgan fingerprint density at radius 3 is 2.47 bits per heavy atom. The maximum absolute atomic E-state index is 6.65. The number of aromatic nitrogens is 4. The summed E-state index contributed by atoms with van der Waals surface area (Å²) in [6.07, 6.45) is 6.85. The quantitative estimate of drug-likeness (QED) is 0.797. The minimum Gasteiger partial charge on any atom is -0.319 e. The summed E-state index contributed by atoms with van der Waals surface area (Å²) in [6, 6.07) is 2.06. The SMILES string of the molecule is Cc1cc(C)n2c(C3(N)CCCCCC3)nnc2n1. The average molecular weight is 259 g/mol. The van der Waals surface area contributed by atoms with Crippen LogP contribution < -0.4 is 5.73 Å². The Morgan fingerprint density at radius 2 is 1.79 bits per heavy atom. The highest BCUT2D eigenvalue weighted by molar-refractivity contribution is 5.34. The van der Waals surface area contributed by atoms with Gasteiger partial charge in [-0.25, -0.2) is 4.98 Å². The summed E-state index contributed by atoms with van der Waals surface area (Å²) in [5.41, 5.74) is 8.37. The molecule has 0 atom stereocenters. The Balaban J connectivity index is 2.14. The Hall–Kier alpha value is -1.49. The first kappa shape index (κ1) is 12.5. The predicted octanol–water partition coefficient (Wildman–Crippen LogP) is 2.25. The van der Waals surface area contributed by atoms with Crippen molar-refractivity contribution in [2.45, 2.75) is 57.9 Å². The van der Waals surface area contributed by atoms with Gasteiger partial charge in [-0.05, 0) is 32.8 Å². The van der Waals surface area contributed by atoms with Crippen LogP contribution in [0.3, 0.4) is 0 Å². The Labute approximate surface area is 113 Å². The molecule has 1 aliphatic rings. The van der Waals surface area contributed by atoms with Crippen molar-refractivity contribution in [2.24, 2.45) is 5.73 Å². The second kappa shape index (κ2) is 4.56. The lowest BCUT2D eigenvalue weighted by molar-refractivity contribution is 0.358. The fourth-order valence-electron chi connectivity index (χ4n) is 3.14. The number of hydrogen-bond acceptors (Lipinski definition) is 4. The Bertz CT molecular complexity index is 593.